The molecule has 1 aromatic rings. The van der Waals surface area contributed by atoms with Crippen LogP contribution in [0, 0.1) is 0 Å². The van der Waals surface area contributed by atoms with Crippen LogP contribution in [0.3, 0.4) is 0 Å². The van der Waals surface area contributed by atoms with Crippen molar-refractivity contribution in [3.05, 3.63) is 29.8 Å². The molecule has 1 rings (SSSR count). The molecular formula is C9H13N3O. The molecule has 0 heterocycles. The Labute approximate surface area is 76.7 Å². The zero-order chi connectivity index (χ0) is 9.84. The molecule has 1 aromatic carbocycles. The monoisotopic (exact) mass is 179 g/mol. The number of carbonyl (C=O) groups is 1. The van der Waals surface area contributed by atoms with Gasteiger partial charge in [0, 0.05) is 5.69 Å². The molecule has 0 aliphatic heterocycles. The van der Waals surface area contributed by atoms with E-state index in [4.69, 9.17) is 17.2 Å². The highest BCUT2D eigenvalue weighted by Crippen LogP contribution is 2.11. The van der Waals surface area contributed by atoms with Gasteiger partial charge >= 0.3 is 0 Å². The van der Waals surface area contributed by atoms with Crippen LogP contribution in [0.1, 0.15) is 5.56 Å². The average molecular weight is 179 g/mol. The molecule has 1 amide bonds. The number of rotatable bonds is 3. The van der Waals surface area contributed by atoms with Crippen LogP contribution in [0.2, 0.25) is 0 Å². The molecule has 70 valence electrons. The summed E-state index contributed by atoms with van der Waals surface area (Å²) in [5.41, 5.74) is 17.7. The summed E-state index contributed by atoms with van der Waals surface area (Å²) < 4.78 is 0. The summed E-state index contributed by atoms with van der Waals surface area (Å²) in [5, 5.41) is 0. The fourth-order valence-corrected chi connectivity index (χ4v) is 1.06. The van der Waals surface area contributed by atoms with Gasteiger partial charge in [0.25, 0.3) is 0 Å². The molecule has 1 atom stereocenters. The summed E-state index contributed by atoms with van der Waals surface area (Å²) >= 11 is 0. The van der Waals surface area contributed by atoms with E-state index in [1.165, 1.54) is 0 Å². The second-order valence-corrected chi connectivity index (χ2v) is 2.91. The van der Waals surface area contributed by atoms with Crippen LogP contribution in [-0.4, -0.2) is 11.9 Å². The van der Waals surface area contributed by atoms with E-state index in [-0.39, 0.29) is 0 Å². The topological polar surface area (TPSA) is 95.1 Å². The third-order valence-electron chi connectivity index (χ3n) is 1.86. The smallest absolute Gasteiger partial charge is 0.234 e. The van der Waals surface area contributed by atoms with Gasteiger partial charge in [-0.15, -0.1) is 0 Å². The van der Waals surface area contributed by atoms with Crippen LogP contribution in [0.5, 0.6) is 0 Å². The van der Waals surface area contributed by atoms with Crippen LogP contribution < -0.4 is 17.2 Å². The van der Waals surface area contributed by atoms with Crippen molar-refractivity contribution in [3.8, 4) is 0 Å². The molecule has 4 nitrogen and oxygen atoms in total. The van der Waals surface area contributed by atoms with Crippen molar-refractivity contribution in [2.45, 2.75) is 12.5 Å². The minimum atomic E-state index is -0.662. The number of nitrogen functional groups attached to an aromatic ring is 1. The van der Waals surface area contributed by atoms with E-state index in [1.54, 1.807) is 6.07 Å². The van der Waals surface area contributed by atoms with E-state index in [1.807, 2.05) is 18.2 Å². The van der Waals surface area contributed by atoms with Gasteiger partial charge in [0.2, 0.25) is 5.91 Å². The van der Waals surface area contributed by atoms with E-state index < -0.39 is 11.9 Å². The molecule has 0 aromatic heterocycles. The quantitative estimate of drug-likeness (QED) is 0.552. The number of carbonyl (C=O) groups excluding carboxylic acids is 1. The van der Waals surface area contributed by atoms with Gasteiger partial charge in [0.1, 0.15) is 0 Å². The van der Waals surface area contributed by atoms with Gasteiger partial charge in [-0.2, -0.15) is 0 Å². The maximum Gasteiger partial charge on any atom is 0.234 e. The third-order valence-corrected chi connectivity index (χ3v) is 1.86. The second-order valence-electron chi connectivity index (χ2n) is 2.91. The lowest BCUT2D eigenvalue weighted by molar-refractivity contribution is -0.119. The first-order chi connectivity index (χ1) is 6.11. The molecule has 0 aliphatic carbocycles. The highest BCUT2D eigenvalue weighted by atomic mass is 16.1. The Morgan fingerprint density at radius 2 is 2.00 bits per heavy atom. The largest absolute Gasteiger partial charge is 0.399 e. The first kappa shape index (κ1) is 9.54. The summed E-state index contributed by atoms with van der Waals surface area (Å²) in [7, 11) is 0. The minimum absolute atomic E-state index is 0.391. The van der Waals surface area contributed by atoms with Crippen molar-refractivity contribution in [2.75, 3.05) is 5.73 Å². The van der Waals surface area contributed by atoms with Crippen LogP contribution >= 0.6 is 0 Å². The Morgan fingerprint density at radius 3 is 2.54 bits per heavy atom. The first-order valence-corrected chi connectivity index (χ1v) is 3.99. The molecule has 0 spiro atoms. The van der Waals surface area contributed by atoms with Crippen molar-refractivity contribution < 1.29 is 4.79 Å². The first-order valence-electron chi connectivity index (χ1n) is 3.99. The number of benzene rings is 1. The Kier molecular flexibility index (Phi) is 2.87. The molecule has 0 saturated carbocycles. The standard InChI is InChI=1S/C9H13N3O/c10-7-4-2-1-3-6(7)5-8(11)9(12)13/h1-4,8H,5,10-11H2,(H2,12,13)/t8-/m0/s1. The molecule has 6 N–H and O–H groups in total. The Morgan fingerprint density at radius 1 is 1.38 bits per heavy atom. The summed E-state index contributed by atoms with van der Waals surface area (Å²) in [6.07, 6.45) is 0.391. The molecule has 0 saturated heterocycles. The van der Waals surface area contributed by atoms with Crippen LogP contribution in [0.4, 0.5) is 5.69 Å². The maximum absolute atomic E-state index is 10.7. The van der Waals surface area contributed by atoms with Gasteiger partial charge in [-0.1, -0.05) is 18.2 Å². The highest BCUT2D eigenvalue weighted by Gasteiger charge is 2.10. The number of nitrogens with two attached hydrogens (primary N) is 3. The van der Waals surface area contributed by atoms with Crippen LogP contribution in [0.25, 0.3) is 0 Å². The fourth-order valence-electron chi connectivity index (χ4n) is 1.06. The van der Waals surface area contributed by atoms with Crippen LogP contribution in [0.15, 0.2) is 24.3 Å². The predicted octanol–water partition coefficient (Wildman–Crippen LogP) is -0.376. The average Bonchev–Trinajstić information content (AvgIpc) is 2.08. The van der Waals surface area contributed by atoms with Crippen LogP contribution in [-0.2, 0) is 11.2 Å². The lowest BCUT2D eigenvalue weighted by atomic mass is 10.0. The van der Waals surface area contributed by atoms with E-state index in [0.29, 0.717) is 12.1 Å². The van der Waals surface area contributed by atoms with Crippen molar-refractivity contribution in [1.82, 2.24) is 0 Å². The van der Waals surface area contributed by atoms with E-state index in [9.17, 15) is 4.79 Å². The van der Waals surface area contributed by atoms with Gasteiger partial charge < -0.3 is 17.2 Å². The molecule has 0 unspecified atom stereocenters. The lowest BCUT2D eigenvalue weighted by Gasteiger charge is -2.08. The number of primary amides is 1. The maximum atomic E-state index is 10.7. The van der Waals surface area contributed by atoms with Gasteiger partial charge in [0.15, 0.2) is 0 Å². The number of hydrogen-bond donors (Lipinski definition) is 3. The molecule has 0 aliphatic rings. The Bertz CT molecular complexity index is 311. The summed E-state index contributed by atoms with van der Waals surface area (Å²) in [5.74, 6) is -0.511. The number of hydrogen-bond acceptors (Lipinski definition) is 3. The SMILES string of the molecule is NC(=O)[C@@H](N)Cc1ccccc1N. The zero-order valence-electron chi connectivity index (χ0n) is 7.23. The minimum Gasteiger partial charge on any atom is -0.399 e. The molecular weight excluding hydrogens is 166 g/mol. The fraction of sp³-hybridized carbons (Fsp3) is 0.222. The molecule has 0 fully saturated rings. The van der Waals surface area contributed by atoms with Gasteiger partial charge in [-0.05, 0) is 18.1 Å². The Hall–Kier alpha value is -1.55. The lowest BCUT2D eigenvalue weighted by Crippen LogP contribution is -2.38. The summed E-state index contributed by atoms with van der Waals surface area (Å²) in [6, 6.07) is 6.61. The van der Waals surface area contributed by atoms with Gasteiger partial charge in [-0.3, -0.25) is 4.79 Å². The predicted molar refractivity (Wildman–Crippen MR) is 51.7 cm³/mol. The zero-order valence-corrected chi connectivity index (χ0v) is 7.23. The normalized spacial score (nSPS) is 12.4. The Balaban J connectivity index is 2.74. The third kappa shape index (κ3) is 2.45. The van der Waals surface area contributed by atoms with Gasteiger partial charge in [-0.25, -0.2) is 0 Å². The van der Waals surface area contributed by atoms with Crippen molar-refractivity contribution in [1.29, 1.82) is 0 Å². The summed E-state index contributed by atoms with van der Waals surface area (Å²) in [4.78, 5) is 10.7. The van der Waals surface area contributed by atoms with E-state index in [2.05, 4.69) is 0 Å². The molecule has 0 bridgehead atoms. The molecule has 4 heteroatoms. The summed E-state index contributed by atoms with van der Waals surface area (Å²) in [6.45, 7) is 0. The van der Waals surface area contributed by atoms with Crippen molar-refractivity contribution in [3.63, 3.8) is 0 Å². The number of amides is 1. The van der Waals surface area contributed by atoms with E-state index >= 15 is 0 Å². The van der Waals surface area contributed by atoms with E-state index in [0.717, 1.165) is 5.56 Å². The van der Waals surface area contributed by atoms with Gasteiger partial charge in [0.05, 0.1) is 6.04 Å². The molecule has 0 radical (unpaired) electrons. The number of anilines is 1. The van der Waals surface area contributed by atoms with Crippen molar-refractivity contribution >= 4 is 11.6 Å². The van der Waals surface area contributed by atoms with Crippen molar-refractivity contribution in [2.24, 2.45) is 11.5 Å². The highest BCUT2D eigenvalue weighted by molar-refractivity contribution is 5.80. The molecule has 13 heavy (non-hydrogen) atoms. The second kappa shape index (κ2) is 3.91. The number of para-hydroxylation sites is 1.